The van der Waals surface area contributed by atoms with Crippen molar-refractivity contribution in [1.82, 2.24) is 5.32 Å². The molecule has 2 N–H and O–H groups in total. The van der Waals surface area contributed by atoms with Gasteiger partial charge in [0.25, 0.3) is 0 Å². The van der Waals surface area contributed by atoms with Gasteiger partial charge in [-0.25, -0.2) is 8.78 Å². The molecule has 0 heterocycles. The highest BCUT2D eigenvalue weighted by atomic mass is 19.1. The van der Waals surface area contributed by atoms with Crippen LogP contribution >= 0.6 is 0 Å². The molecular weight excluding hydrogens is 264 g/mol. The molecule has 20 heavy (non-hydrogen) atoms. The van der Waals surface area contributed by atoms with Gasteiger partial charge in [0.1, 0.15) is 11.6 Å². The molecule has 112 valence electrons. The van der Waals surface area contributed by atoms with Crippen LogP contribution in [0.3, 0.4) is 0 Å². The molecule has 0 fully saturated rings. The molecule has 0 aliphatic carbocycles. The fourth-order valence-electron chi connectivity index (χ4n) is 1.94. The summed E-state index contributed by atoms with van der Waals surface area (Å²) in [7, 11) is 0. The van der Waals surface area contributed by atoms with Gasteiger partial charge in [0.15, 0.2) is 0 Å². The van der Waals surface area contributed by atoms with Crippen molar-refractivity contribution >= 4 is 5.91 Å². The first-order valence-corrected chi connectivity index (χ1v) is 6.83. The van der Waals surface area contributed by atoms with Crippen molar-refractivity contribution in [2.75, 3.05) is 6.54 Å². The molecule has 1 rings (SSSR count). The number of nitrogens with one attached hydrogen (secondary N) is 1. The summed E-state index contributed by atoms with van der Waals surface area (Å²) in [5.41, 5.74) is 0.329. The first-order valence-electron chi connectivity index (χ1n) is 6.83. The summed E-state index contributed by atoms with van der Waals surface area (Å²) in [5.74, 6) is -1.79. The largest absolute Gasteiger partial charge is 0.393 e. The van der Waals surface area contributed by atoms with Gasteiger partial charge in [-0.05, 0) is 30.4 Å². The number of aliphatic hydroxyl groups excluding tert-OH is 1. The minimum atomic E-state index is -0.633. The molecule has 5 heteroatoms. The smallest absolute Gasteiger partial charge is 0.220 e. The van der Waals surface area contributed by atoms with E-state index in [-0.39, 0.29) is 18.2 Å². The summed E-state index contributed by atoms with van der Waals surface area (Å²) in [6.45, 7) is 3.98. The number of hydrogen-bond acceptors (Lipinski definition) is 2. The van der Waals surface area contributed by atoms with Crippen LogP contribution in [-0.2, 0) is 4.79 Å². The summed E-state index contributed by atoms with van der Waals surface area (Å²) < 4.78 is 26.4. The molecule has 0 spiro atoms. The third-order valence-electron chi connectivity index (χ3n) is 3.26. The van der Waals surface area contributed by atoms with E-state index in [1.54, 1.807) is 6.92 Å². The Bertz CT molecular complexity index is 451. The molecule has 3 nitrogen and oxygen atoms in total. The zero-order valence-electron chi connectivity index (χ0n) is 11.8. The molecule has 2 atom stereocenters. The van der Waals surface area contributed by atoms with Crippen LogP contribution in [0.1, 0.15) is 44.6 Å². The van der Waals surface area contributed by atoms with Crippen LogP contribution in [0.5, 0.6) is 0 Å². The Morgan fingerprint density at radius 2 is 2.10 bits per heavy atom. The normalized spacial score (nSPS) is 13.8. The van der Waals surface area contributed by atoms with Gasteiger partial charge < -0.3 is 10.4 Å². The monoisotopic (exact) mass is 285 g/mol. The molecule has 2 unspecified atom stereocenters. The number of aliphatic hydroxyl groups is 1. The Hall–Kier alpha value is -1.49. The van der Waals surface area contributed by atoms with Crippen molar-refractivity contribution in [3.8, 4) is 0 Å². The van der Waals surface area contributed by atoms with Crippen LogP contribution < -0.4 is 5.32 Å². The van der Waals surface area contributed by atoms with Gasteiger partial charge in [-0.1, -0.05) is 19.9 Å². The van der Waals surface area contributed by atoms with Crippen LogP contribution in [0.2, 0.25) is 0 Å². The Kier molecular flexibility index (Phi) is 6.58. The van der Waals surface area contributed by atoms with E-state index < -0.39 is 17.7 Å². The van der Waals surface area contributed by atoms with E-state index in [1.165, 1.54) is 12.1 Å². The lowest BCUT2D eigenvalue weighted by Gasteiger charge is -2.14. The van der Waals surface area contributed by atoms with Crippen molar-refractivity contribution in [1.29, 1.82) is 0 Å². The number of benzene rings is 1. The fraction of sp³-hybridized carbons (Fsp3) is 0.533. The van der Waals surface area contributed by atoms with Crippen molar-refractivity contribution in [3.05, 3.63) is 35.4 Å². The third kappa shape index (κ3) is 5.25. The summed E-state index contributed by atoms with van der Waals surface area (Å²) in [6.07, 6.45) is 0.863. The quantitative estimate of drug-likeness (QED) is 0.809. The molecule has 0 aliphatic heterocycles. The lowest BCUT2D eigenvalue weighted by Crippen LogP contribution is -2.28. The first kappa shape index (κ1) is 16.6. The minimum Gasteiger partial charge on any atom is -0.393 e. The maximum Gasteiger partial charge on any atom is 0.220 e. The lowest BCUT2D eigenvalue weighted by molar-refractivity contribution is -0.121. The van der Waals surface area contributed by atoms with Crippen LogP contribution in [-0.4, -0.2) is 23.7 Å². The fourth-order valence-corrected chi connectivity index (χ4v) is 1.94. The predicted octanol–water partition coefficient (Wildman–Crippen LogP) is 2.74. The molecule has 0 radical (unpaired) electrons. The molecule has 1 amide bonds. The Morgan fingerprint density at radius 1 is 1.40 bits per heavy atom. The Balaban J connectivity index is 2.45. The van der Waals surface area contributed by atoms with Gasteiger partial charge in [-0.2, -0.15) is 0 Å². The molecule has 0 aromatic heterocycles. The highest BCUT2D eigenvalue weighted by molar-refractivity contribution is 5.76. The number of carbonyl (C=O) groups excluding carboxylic acids is 1. The second-order valence-electron chi connectivity index (χ2n) is 4.97. The maximum atomic E-state index is 13.6. The standard InChI is InChI=1S/C15H21F2NO2/c1-3-12(19)6-7-18-15(20)8-10(2)13-5-4-11(16)9-14(13)17/h4-5,9-10,12,19H,3,6-8H2,1-2H3,(H,18,20). The van der Waals surface area contributed by atoms with E-state index in [0.717, 1.165) is 6.07 Å². The maximum absolute atomic E-state index is 13.6. The van der Waals surface area contributed by atoms with Crippen molar-refractivity contribution in [2.45, 2.75) is 45.1 Å². The number of halogens is 2. The second kappa shape index (κ2) is 7.94. The van der Waals surface area contributed by atoms with E-state index in [0.29, 0.717) is 24.9 Å². The summed E-state index contributed by atoms with van der Waals surface area (Å²) in [4.78, 5) is 11.7. The summed E-state index contributed by atoms with van der Waals surface area (Å²) in [6, 6.07) is 3.37. The third-order valence-corrected chi connectivity index (χ3v) is 3.26. The molecule has 0 bridgehead atoms. The number of hydrogen-bond donors (Lipinski definition) is 2. The van der Waals surface area contributed by atoms with E-state index >= 15 is 0 Å². The first-order chi connectivity index (χ1) is 9.43. The molecule has 0 aliphatic rings. The highest BCUT2D eigenvalue weighted by Crippen LogP contribution is 2.22. The van der Waals surface area contributed by atoms with Gasteiger partial charge in [0.2, 0.25) is 5.91 Å². The zero-order valence-corrected chi connectivity index (χ0v) is 11.8. The van der Waals surface area contributed by atoms with Crippen molar-refractivity contribution in [2.24, 2.45) is 0 Å². The topological polar surface area (TPSA) is 49.3 Å². The molecule has 0 saturated carbocycles. The zero-order chi connectivity index (χ0) is 15.1. The van der Waals surface area contributed by atoms with Crippen molar-refractivity contribution in [3.63, 3.8) is 0 Å². The lowest BCUT2D eigenvalue weighted by atomic mass is 9.97. The summed E-state index contributed by atoms with van der Waals surface area (Å²) in [5, 5.41) is 12.0. The molecule has 1 aromatic rings. The van der Waals surface area contributed by atoms with Crippen LogP contribution in [0.25, 0.3) is 0 Å². The van der Waals surface area contributed by atoms with Gasteiger partial charge in [0.05, 0.1) is 6.10 Å². The van der Waals surface area contributed by atoms with Gasteiger partial charge >= 0.3 is 0 Å². The van der Waals surface area contributed by atoms with Crippen LogP contribution in [0.4, 0.5) is 8.78 Å². The van der Waals surface area contributed by atoms with Crippen molar-refractivity contribution < 1.29 is 18.7 Å². The van der Waals surface area contributed by atoms with Crippen LogP contribution in [0, 0.1) is 11.6 Å². The average Bonchev–Trinajstić information content (AvgIpc) is 2.38. The Morgan fingerprint density at radius 3 is 2.70 bits per heavy atom. The number of carbonyl (C=O) groups is 1. The van der Waals surface area contributed by atoms with E-state index in [4.69, 9.17) is 0 Å². The number of rotatable bonds is 7. The van der Waals surface area contributed by atoms with Gasteiger partial charge in [0, 0.05) is 19.0 Å². The highest BCUT2D eigenvalue weighted by Gasteiger charge is 2.15. The second-order valence-corrected chi connectivity index (χ2v) is 4.97. The molecular formula is C15H21F2NO2. The minimum absolute atomic E-state index is 0.130. The number of amides is 1. The SMILES string of the molecule is CCC(O)CCNC(=O)CC(C)c1ccc(F)cc1F. The predicted molar refractivity (Wildman–Crippen MR) is 73.3 cm³/mol. The molecule has 1 aromatic carbocycles. The molecule has 0 saturated heterocycles. The summed E-state index contributed by atoms with van der Waals surface area (Å²) >= 11 is 0. The van der Waals surface area contributed by atoms with E-state index in [9.17, 15) is 18.7 Å². The van der Waals surface area contributed by atoms with E-state index in [1.807, 2.05) is 6.92 Å². The average molecular weight is 285 g/mol. The van der Waals surface area contributed by atoms with Gasteiger partial charge in [-0.15, -0.1) is 0 Å². The van der Waals surface area contributed by atoms with E-state index in [2.05, 4.69) is 5.32 Å². The Labute approximate surface area is 118 Å². The van der Waals surface area contributed by atoms with Crippen LogP contribution in [0.15, 0.2) is 18.2 Å². The van der Waals surface area contributed by atoms with Gasteiger partial charge in [-0.3, -0.25) is 4.79 Å².